The molecular formula is C9H13NO2S. The van der Waals surface area contributed by atoms with Crippen LogP contribution in [-0.2, 0) is 16.1 Å². The number of hydrogen-bond donors (Lipinski definition) is 1. The Hall–Kier alpha value is -0.900. The summed E-state index contributed by atoms with van der Waals surface area (Å²) in [4.78, 5) is 4.17. The molecule has 0 atom stereocenters. The second-order valence-corrected chi connectivity index (χ2v) is 4.97. The Morgan fingerprint density at radius 1 is 1.23 bits per heavy atom. The average molecular weight is 199 g/mol. The van der Waals surface area contributed by atoms with Gasteiger partial charge in [-0.05, 0) is 17.0 Å². The molecule has 4 heteroatoms. The van der Waals surface area contributed by atoms with Crippen LogP contribution >= 0.6 is 0 Å². The Bertz CT molecular complexity index is 369. The molecule has 0 aliphatic heterocycles. The van der Waals surface area contributed by atoms with Crippen molar-refractivity contribution in [1.29, 1.82) is 0 Å². The zero-order valence-electron chi connectivity index (χ0n) is 7.94. The van der Waals surface area contributed by atoms with Gasteiger partial charge in [0.1, 0.15) is 0 Å². The van der Waals surface area contributed by atoms with Gasteiger partial charge in [0.15, 0.2) is 10.7 Å². The molecule has 0 spiro atoms. The summed E-state index contributed by atoms with van der Waals surface area (Å²) < 4.78 is 21.4. The van der Waals surface area contributed by atoms with Crippen molar-refractivity contribution in [2.24, 2.45) is 0 Å². The molecule has 1 aromatic rings. The number of aromatic nitrogens is 1. The van der Waals surface area contributed by atoms with E-state index in [1.807, 2.05) is 20.8 Å². The van der Waals surface area contributed by atoms with E-state index < -0.39 is 10.7 Å². The fraction of sp³-hybridized carbons (Fsp3) is 0.444. The van der Waals surface area contributed by atoms with Crippen molar-refractivity contribution in [3.63, 3.8) is 0 Å². The Labute approximate surface area is 79.8 Å². The van der Waals surface area contributed by atoms with Gasteiger partial charge in [0.25, 0.3) is 0 Å². The number of rotatable bonds is 1. The molecule has 1 heterocycles. The summed E-state index contributed by atoms with van der Waals surface area (Å²) in [6, 6.07) is 1.67. The van der Waals surface area contributed by atoms with Crippen LogP contribution in [0, 0.1) is 0 Å². The number of nitrogens with zero attached hydrogens (tertiary/aromatic N) is 1. The summed E-state index contributed by atoms with van der Waals surface area (Å²) in [6.07, 6.45) is 3.06. The molecule has 0 aliphatic carbocycles. The minimum atomic E-state index is -2.52. The molecule has 0 saturated heterocycles. The summed E-state index contributed by atoms with van der Waals surface area (Å²) in [7, 11) is -2.52. The van der Waals surface area contributed by atoms with Gasteiger partial charge in [-0.25, -0.2) is 8.42 Å². The Morgan fingerprint density at radius 3 is 2.31 bits per heavy atom. The van der Waals surface area contributed by atoms with Crippen LogP contribution in [0.15, 0.2) is 23.4 Å². The first kappa shape index (κ1) is 10.2. The summed E-state index contributed by atoms with van der Waals surface area (Å²) in [5.74, 6) is 0. The summed E-state index contributed by atoms with van der Waals surface area (Å²) in [5, 5.41) is 0. The van der Waals surface area contributed by atoms with Crippen molar-refractivity contribution in [3.05, 3.63) is 24.0 Å². The predicted octanol–water partition coefficient (Wildman–Crippen LogP) is 1.35. The first-order valence-electron chi connectivity index (χ1n) is 4.01. The maximum Gasteiger partial charge on any atom is 0.169 e. The highest BCUT2D eigenvalue weighted by molar-refractivity contribution is 7.72. The molecule has 0 amide bonds. The molecule has 1 rings (SSSR count). The standard InChI is InChI=1S/C9H13NO2S/c1-9(2,3)7-4-8(13(11)12)6-10-5-7/h4-6,13H,1-3H3. The van der Waals surface area contributed by atoms with E-state index in [9.17, 15) is 8.42 Å². The van der Waals surface area contributed by atoms with Crippen molar-refractivity contribution in [1.82, 2.24) is 4.98 Å². The SMILES string of the molecule is CC(C)(C)c1cncc([SH](=O)=O)c1. The zero-order valence-corrected chi connectivity index (χ0v) is 8.84. The molecule has 0 aliphatic rings. The van der Waals surface area contributed by atoms with Crippen molar-refractivity contribution in [3.8, 4) is 0 Å². The van der Waals surface area contributed by atoms with E-state index in [1.54, 1.807) is 12.3 Å². The molecule has 0 radical (unpaired) electrons. The number of thiol groups is 1. The second-order valence-electron chi connectivity index (χ2n) is 3.94. The molecule has 1 aromatic heterocycles. The van der Waals surface area contributed by atoms with E-state index in [4.69, 9.17) is 0 Å². The summed E-state index contributed by atoms with van der Waals surface area (Å²) in [5.41, 5.74) is 0.873. The zero-order chi connectivity index (χ0) is 10.1. The van der Waals surface area contributed by atoms with Gasteiger partial charge in [0.2, 0.25) is 0 Å². The summed E-state index contributed by atoms with van der Waals surface area (Å²) >= 11 is 0. The predicted molar refractivity (Wildman–Crippen MR) is 51.5 cm³/mol. The highest BCUT2D eigenvalue weighted by atomic mass is 32.2. The van der Waals surface area contributed by atoms with Crippen LogP contribution in [0.3, 0.4) is 0 Å². The van der Waals surface area contributed by atoms with E-state index in [2.05, 4.69) is 4.98 Å². The summed E-state index contributed by atoms with van der Waals surface area (Å²) in [6.45, 7) is 6.06. The van der Waals surface area contributed by atoms with E-state index in [1.165, 1.54) is 6.20 Å². The molecule has 0 saturated carbocycles. The van der Waals surface area contributed by atoms with Crippen LogP contribution in [-0.4, -0.2) is 13.4 Å². The van der Waals surface area contributed by atoms with Gasteiger partial charge in [-0.3, -0.25) is 4.98 Å². The van der Waals surface area contributed by atoms with Crippen LogP contribution in [0.5, 0.6) is 0 Å². The number of pyridine rings is 1. The molecule has 0 fully saturated rings. The van der Waals surface area contributed by atoms with Crippen LogP contribution in [0.4, 0.5) is 0 Å². The molecule has 0 aromatic carbocycles. The van der Waals surface area contributed by atoms with Gasteiger partial charge in [-0.2, -0.15) is 0 Å². The van der Waals surface area contributed by atoms with E-state index in [0.717, 1.165) is 5.56 Å². The fourth-order valence-electron chi connectivity index (χ4n) is 0.938. The minimum absolute atomic E-state index is 0.0612. The van der Waals surface area contributed by atoms with E-state index in [-0.39, 0.29) is 10.3 Å². The average Bonchev–Trinajstić information content (AvgIpc) is 2.03. The second kappa shape index (κ2) is 3.46. The Kier molecular flexibility index (Phi) is 2.71. The molecule has 0 unspecified atom stereocenters. The molecular weight excluding hydrogens is 186 g/mol. The third-order valence-corrected chi connectivity index (χ3v) is 2.47. The lowest BCUT2D eigenvalue weighted by molar-refractivity contribution is 0.583. The minimum Gasteiger partial charge on any atom is -0.263 e. The third kappa shape index (κ3) is 2.52. The monoisotopic (exact) mass is 199 g/mol. The van der Waals surface area contributed by atoms with Crippen molar-refractivity contribution >= 4 is 10.7 Å². The van der Waals surface area contributed by atoms with Gasteiger partial charge in [0.05, 0.1) is 4.90 Å². The topological polar surface area (TPSA) is 47.0 Å². The van der Waals surface area contributed by atoms with Gasteiger partial charge in [0, 0.05) is 12.4 Å². The van der Waals surface area contributed by atoms with Crippen LogP contribution in [0.2, 0.25) is 0 Å². The van der Waals surface area contributed by atoms with Gasteiger partial charge >= 0.3 is 0 Å². The Balaban J connectivity index is 3.21. The van der Waals surface area contributed by atoms with E-state index >= 15 is 0 Å². The van der Waals surface area contributed by atoms with Crippen LogP contribution < -0.4 is 0 Å². The molecule has 0 bridgehead atoms. The Morgan fingerprint density at radius 2 is 1.85 bits per heavy atom. The first-order valence-corrected chi connectivity index (χ1v) is 5.19. The quantitative estimate of drug-likeness (QED) is 0.694. The maximum absolute atomic E-state index is 10.7. The van der Waals surface area contributed by atoms with Crippen molar-refractivity contribution in [2.75, 3.05) is 0 Å². The van der Waals surface area contributed by atoms with Gasteiger partial charge in [-0.1, -0.05) is 20.8 Å². The van der Waals surface area contributed by atoms with E-state index in [0.29, 0.717) is 0 Å². The highest BCUT2D eigenvalue weighted by Crippen LogP contribution is 2.21. The van der Waals surface area contributed by atoms with Crippen molar-refractivity contribution in [2.45, 2.75) is 31.1 Å². The fourth-order valence-corrected chi connectivity index (χ4v) is 1.34. The molecule has 13 heavy (non-hydrogen) atoms. The maximum atomic E-state index is 10.7. The first-order chi connectivity index (χ1) is 5.91. The smallest absolute Gasteiger partial charge is 0.169 e. The number of hydrogen-bond acceptors (Lipinski definition) is 3. The van der Waals surface area contributed by atoms with Gasteiger partial charge in [-0.15, -0.1) is 0 Å². The largest absolute Gasteiger partial charge is 0.263 e. The third-order valence-electron chi connectivity index (χ3n) is 1.80. The highest BCUT2D eigenvalue weighted by Gasteiger charge is 2.14. The van der Waals surface area contributed by atoms with Gasteiger partial charge < -0.3 is 0 Å². The van der Waals surface area contributed by atoms with Crippen LogP contribution in [0.25, 0.3) is 0 Å². The van der Waals surface area contributed by atoms with Crippen molar-refractivity contribution < 1.29 is 8.42 Å². The molecule has 3 nitrogen and oxygen atoms in total. The lowest BCUT2D eigenvalue weighted by Gasteiger charge is -2.18. The molecule has 0 N–H and O–H groups in total. The lowest BCUT2D eigenvalue weighted by Crippen LogP contribution is -2.11. The molecule has 72 valence electrons. The lowest BCUT2D eigenvalue weighted by atomic mass is 9.88. The van der Waals surface area contributed by atoms with Crippen LogP contribution in [0.1, 0.15) is 26.3 Å². The normalized spacial score (nSPS) is 12.0.